The zero-order valence-corrected chi connectivity index (χ0v) is 15.3. The fourth-order valence-corrected chi connectivity index (χ4v) is 3.60. The maximum atomic E-state index is 12.7. The molecular weight excluding hydrogens is 349 g/mol. The summed E-state index contributed by atoms with van der Waals surface area (Å²) >= 11 is 6.00. The molecule has 0 saturated carbocycles. The quantitative estimate of drug-likeness (QED) is 0.829. The second-order valence-corrected chi connectivity index (χ2v) is 6.64. The summed E-state index contributed by atoms with van der Waals surface area (Å²) in [5.41, 5.74) is 0.770. The molecular formula is C17H23Cl2N3O2. The predicted octanol–water partition coefficient (Wildman–Crippen LogP) is 2.33. The first-order chi connectivity index (χ1) is 11.1. The Hall–Kier alpha value is -1.30. The molecule has 132 valence electrons. The first kappa shape index (κ1) is 19.0. The molecule has 1 aromatic rings. The summed E-state index contributed by atoms with van der Waals surface area (Å²) in [6.45, 7) is 2.03. The average molecular weight is 372 g/mol. The molecule has 24 heavy (non-hydrogen) atoms. The van der Waals surface area contributed by atoms with Gasteiger partial charge in [0.15, 0.2) is 0 Å². The summed E-state index contributed by atoms with van der Waals surface area (Å²) in [7, 11) is 1.95. The summed E-state index contributed by atoms with van der Waals surface area (Å²) in [6, 6.07) is 7.70. The van der Waals surface area contributed by atoms with Gasteiger partial charge in [-0.1, -0.05) is 17.7 Å². The van der Waals surface area contributed by atoms with Gasteiger partial charge in [0.05, 0.1) is 0 Å². The van der Waals surface area contributed by atoms with Gasteiger partial charge in [0.2, 0.25) is 11.8 Å². The highest BCUT2D eigenvalue weighted by atomic mass is 35.5. The van der Waals surface area contributed by atoms with Gasteiger partial charge in [-0.15, -0.1) is 12.4 Å². The van der Waals surface area contributed by atoms with E-state index >= 15 is 0 Å². The Labute approximate surface area is 153 Å². The Morgan fingerprint density at radius 2 is 1.92 bits per heavy atom. The SMILES string of the molecule is CNC1CCN(C(=O)C2CCN(c3cccc(Cl)c3)C2=O)CC1.Cl. The van der Waals surface area contributed by atoms with Crippen molar-refractivity contribution in [3.63, 3.8) is 0 Å². The fraction of sp³-hybridized carbons (Fsp3) is 0.529. The Bertz CT molecular complexity index is 603. The van der Waals surface area contributed by atoms with Crippen LogP contribution in [0.5, 0.6) is 0 Å². The molecule has 0 bridgehead atoms. The van der Waals surface area contributed by atoms with Crippen LogP contribution in [-0.2, 0) is 9.59 Å². The van der Waals surface area contributed by atoms with E-state index in [9.17, 15) is 9.59 Å². The Kier molecular flexibility index (Phi) is 6.49. The van der Waals surface area contributed by atoms with Gasteiger partial charge in [-0.05, 0) is 44.5 Å². The molecule has 2 fully saturated rings. The van der Waals surface area contributed by atoms with E-state index < -0.39 is 5.92 Å². The zero-order valence-electron chi connectivity index (χ0n) is 13.7. The fourth-order valence-electron chi connectivity index (χ4n) is 3.42. The van der Waals surface area contributed by atoms with Crippen LogP contribution in [0.2, 0.25) is 5.02 Å². The minimum absolute atomic E-state index is 0. The molecule has 5 nitrogen and oxygen atoms in total. The van der Waals surface area contributed by atoms with Crippen LogP contribution < -0.4 is 10.2 Å². The maximum Gasteiger partial charge on any atom is 0.239 e. The number of anilines is 1. The number of carbonyl (C=O) groups is 2. The number of nitrogens with one attached hydrogen (secondary N) is 1. The van der Waals surface area contributed by atoms with E-state index in [1.54, 1.807) is 17.0 Å². The summed E-state index contributed by atoms with van der Waals surface area (Å²) < 4.78 is 0. The van der Waals surface area contributed by atoms with Crippen LogP contribution in [0.4, 0.5) is 5.69 Å². The standard InChI is InChI=1S/C17H22ClN3O2.ClH/c1-19-13-5-8-20(9-6-13)16(22)15-7-10-21(17(15)23)14-4-2-3-12(18)11-14;/h2-4,11,13,15,19H,5-10H2,1H3;1H. The molecule has 2 aliphatic heterocycles. The molecule has 3 rings (SSSR count). The van der Waals surface area contributed by atoms with Crippen molar-refractivity contribution in [2.45, 2.75) is 25.3 Å². The zero-order chi connectivity index (χ0) is 16.4. The molecule has 2 heterocycles. The van der Waals surface area contributed by atoms with Crippen molar-refractivity contribution in [2.24, 2.45) is 5.92 Å². The van der Waals surface area contributed by atoms with E-state index in [0.717, 1.165) is 31.6 Å². The molecule has 2 amide bonds. The Morgan fingerprint density at radius 3 is 2.54 bits per heavy atom. The van der Waals surface area contributed by atoms with Crippen molar-refractivity contribution < 1.29 is 9.59 Å². The van der Waals surface area contributed by atoms with E-state index in [0.29, 0.717) is 24.0 Å². The van der Waals surface area contributed by atoms with Crippen LogP contribution in [0.3, 0.4) is 0 Å². The van der Waals surface area contributed by atoms with E-state index in [2.05, 4.69) is 5.32 Å². The van der Waals surface area contributed by atoms with Gasteiger partial charge in [0, 0.05) is 36.4 Å². The molecule has 7 heteroatoms. The summed E-state index contributed by atoms with van der Waals surface area (Å²) in [6.07, 6.45) is 2.47. The second kappa shape index (κ2) is 8.19. The first-order valence-corrected chi connectivity index (χ1v) is 8.51. The highest BCUT2D eigenvalue weighted by Crippen LogP contribution is 2.29. The minimum Gasteiger partial charge on any atom is -0.342 e. The molecule has 2 saturated heterocycles. The molecule has 2 aliphatic rings. The molecule has 0 aliphatic carbocycles. The number of carbonyl (C=O) groups excluding carboxylic acids is 2. The third-order valence-corrected chi connectivity index (χ3v) is 5.07. The summed E-state index contributed by atoms with van der Waals surface area (Å²) in [5, 5.41) is 3.85. The first-order valence-electron chi connectivity index (χ1n) is 8.13. The van der Waals surface area contributed by atoms with Gasteiger partial charge in [-0.3, -0.25) is 9.59 Å². The number of hydrogen-bond donors (Lipinski definition) is 1. The number of halogens is 2. The van der Waals surface area contributed by atoms with Crippen molar-refractivity contribution in [2.75, 3.05) is 31.6 Å². The smallest absolute Gasteiger partial charge is 0.239 e. The van der Waals surface area contributed by atoms with E-state index in [1.165, 1.54) is 0 Å². The number of piperidine rings is 1. The monoisotopic (exact) mass is 371 g/mol. The molecule has 0 spiro atoms. The summed E-state index contributed by atoms with van der Waals surface area (Å²) in [5.74, 6) is -0.665. The lowest BCUT2D eigenvalue weighted by Gasteiger charge is -2.33. The molecule has 0 aromatic heterocycles. The largest absolute Gasteiger partial charge is 0.342 e. The number of likely N-dealkylation sites (tertiary alicyclic amines) is 1. The highest BCUT2D eigenvalue weighted by Gasteiger charge is 2.40. The summed E-state index contributed by atoms with van der Waals surface area (Å²) in [4.78, 5) is 28.8. The van der Waals surface area contributed by atoms with Crippen molar-refractivity contribution in [1.82, 2.24) is 10.2 Å². The van der Waals surface area contributed by atoms with E-state index in [-0.39, 0.29) is 24.2 Å². The molecule has 1 unspecified atom stereocenters. The highest BCUT2D eigenvalue weighted by molar-refractivity contribution is 6.31. The van der Waals surface area contributed by atoms with Gasteiger partial charge < -0.3 is 15.1 Å². The van der Waals surface area contributed by atoms with Crippen LogP contribution >= 0.6 is 24.0 Å². The normalized spacial score (nSPS) is 21.8. The average Bonchev–Trinajstić information content (AvgIpc) is 2.96. The van der Waals surface area contributed by atoms with Crippen molar-refractivity contribution in [1.29, 1.82) is 0 Å². The number of benzene rings is 1. The second-order valence-electron chi connectivity index (χ2n) is 6.20. The predicted molar refractivity (Wildman–Crippen MR) is 97.8 cm³/mol. The lowest BCUT2D eigenvalue weighted by molar-refractivity contribution is -0.140. The van der Waals surface area contributed by atoms with Crippen molar-refractivity contribution in [3.8, 4) is 0 Å². The molecule has 1 aromatic carbocycles. The number of amides is 2. The number of rotatable bonds is 3. The van der Waals surface area contributed by atoms with E-state index in [4.69, 9.17) is 11.6 Å². The van der Waals surface area contributed by atoms with Crippen LogP contribution in [0.25, 0.3) is 0 Å². The molecule has 0 radical (unpaired) electrons. The maximum absolute atomic E-state index is 12.7. The topological polar surface area (TPSA) is 52.7 Å². The lowest BCUT2D eigenvalue weighted by Crippen LogP contribution is -2.47. The van der Waals surface area contributed by atoms with Crippen LogP contribution in [0, 0.1) is 5.92 Å². The molecule has 1 N–H and O–H groups in total. The Morgan fingerprint density at radius 1 is 1.21 bits per heavy atom. The third kappa shape index (κ3) is 3.85. The Balaban J connectivity index is 0.00000208. The van der Waals surface area contributed by atoms with Gasteiger partial charge in [-0.2, -0.15) is 0 Å². The van der Waals surface area contributed by atoms with Gasteiger partial charge in [-0.25, -0.2) is 0 Å². The third-order valence-electron chi connectivity index (χ3n) is 4.84. The van der Waals surface area contributed by atoms with Crippen molar-refractivity contribution >= 4 is 41.5 Å². The van der Waals surface area contributed by atoms with Gasteiger partial charge in [0.1, 0.15) is 5.92 Å². The van der Waals surface area contributed by atoms with Crippen LogP contribution in [0.1, 0.15) is 19.3 Å². The minimum atomic E-state index is -0.542. The lowest BCUT2D eigenvalue weighted by atomic mass is 10.0. The van der Waals surface area contributed by atoms with Gasteiger partial charge in [0.25, 0.3) is 0 Å². The van der Waals surface area contributed by atoms with Crippen LogP contribution in [-0.4, -0.2) is 49.4 Å². The van der Waals surface area contributed by atoms with Crippen LogP contribution in [0.15, 0.2) is 24.3 Å². The number of nitrogens with zero attached hydrogens (tertiary/aromatic N) is 2. The van der Waals surface area contributed by atoms with Crippen molar-refractivity contribution in [3.05, 3.63) is 29.3 Å². The molecule has 1 atom stereocenters. The number of hydrogen-bond acceptors (Lipinski definition) is 3. The van der Waals surface area contributed by atoms with Gasteiger partial charge >= 0.3 is 0 Å². The van der Waals surface area contributed by atoms with E-state index in [1.807, 2.05) is 24.1 Å².